The molecule has 1 aliphatic carbocycles. The Hall–Kier alpha value is -0.610. The number of rotatable bonds is 5. The first-order valence-electron chi connectivity index (χ1n) is 7.72. The second kappa shape index (κ2) is 6.71. The molecule has 2 unspecified atom stereocenters. The van der Waals surface area contributed by atoms with Crippen LogP contribution < -0.4 is 11.1 Å². The summed E-state index contributed by atoms with van der Waals surface area (Å²) in [5.41, 5.74) is 6.00. The molecule has 1 aliphatic heterocycles. The van der Waals surface area contributed by atoms with Crippen LogP contribution in [0.3, 0.4) is 0 Å². The van der Waals surface area contributed by atoms with Crippen molar-refractivity contribution in [2.24, 2.45) is 17.1 Å². The van der Waals surface area contributed by atoms with Crippen LogP contribution in [0.15, 0.2) is 0 Å². The minimum atomic E-state index is 0.0637. The van der Waals surface area contributed by atoms with Crippen molar-refractivity contribution in [3.63, 3.8) is 0 Å². The highest BCUT2D eigenvalue weighted by Crippen LogP contribution is 2.38. The van der Waals surface area contributed by atoms with E-state index in [4.69, 9.17) is 10.5 Å². The largest absolute Gasteiger partial charge is 0.381 e. The molecule has 19 heavy (non-hydrogen) atoms. The third-order valence-corrected chi connectivity index (χ3v) is 4.94. The van der Waals surface area contributed by atoms with E-state index in [1.165, 1.54) is 19.3 Å². The first-order chi connectivity index (χ1) is 9.15. The average Bonchev–Trinajstić information content (AvgIpc) is 2.93. The van der Waals surface area contributed by atoms with E-state index in [2.05, 4.69) is 12.2 Å². The zero-order chi connectivity index (χ0) is 13.7. The number of carbonyl (C=O) groups excluding carboxylic acids is 1. The van der Waals surface area contributed by atoms with Gasteiger partial charge in [0.25, 0.3) is 0 Å². The standard InChI is InChI=1S/C15H28N2O2/c1-12(13-5-8-19-10-13)17-14(18)9-15(11-16)6-3-2-4-7-15/h12-13H,2-11,16H2,1H3,(H,17,18). The summed E-state index contributed by atoms with van der Waals surface area (Å²) in [6.07, 6.45) is 7.60. The molecular weight excluding hydrogens is 240 g/mol. The zero-order valence-corrected chi connectivity index (χ0v) is 12.1. The topological polar surface area (TPSA) is 64.4 Å². The second-order valence-electron chi connectivity index (χ2n) is 6.42. The maximum Gasteiger partial charge on any atom is 0.220 e. The van der Waals surface area contributed by atoms with Gasteiger partial charge in [0.05, 0.1) is 6.61 Å². The molecule has 1 heterocycles. The zero-order valence-electron chi connectivity index (χ0n) is 12.1. The lowest BCUT2D eigenvalue weighted by Gasteiger charge is -2.36. The minimum absolute atomic E-state index is 0.0637. The summed E-state index contributed by atoms with van der Waals surface area (Å²) in [7, 11) is 0. The van der Waals surface area contributed by atoms with Crippen molar-refractivity contribution in [3.8, 4) is 0 Å². The van der Waals surface area contributed by atoms with Gasteiger partial charge in [-0.05, 0) is 38.1 Å². The highest BCUT2D eigenvalue weighted by Gasteiger charge is 2.34. The molecule has 110 valence electrons. The summed E-state index contributed by atoms with van der Waals surface area (Å²) >= 11 is 0. The van der Waals surface area contributed by atoms with Gasteiger partial charge in [0.15, 0.2) is 0 Å². The number of amides is 1. The van der Waals surface area contributed by atoms with E-state index < -0.39 is 0 Å². The Morgan fingerprint density at radius 2 is 2.16 bits per heavy atom. The third kappa shape index (κ3) is 3.93. The van der Waals surface area contributed by atoms with Crippen molar-refractivity contribution in [1.82, 2.24) is 5.32 Å². The fourth-order valence-electron chi connectivity index (χ4n) is 3.47. The number of nitrogens with one attached hydrogen (secondary N) is 1. The SMILES string of the molecule is CC(NC(=O)CC1(CN)CCCCC1)C1CCOC1. The lowest BCUT2D eigenvalue weighted by molar-refractivity contribution is -0.124. The number of hydrogen-bond donors (Lipinski definition) is 2. The summed E-state index contributed by atoms with van der Waals surface area (Å²) < 4.78 is 5.38. The third-order valence-electron chi connectivity index (χ3n) is 4.94. The molecule has 0 aromatic rings. The van der Waals surface area contributed by atoms with Crippen molar-refractivity contribution in [3.05, 3.63) is 0 Å². The molecule has 1 saturated carbocycles. The van der Waals surface area contributed by atoms with Gasteiger partial charge in [-0.3, -0.25) is 4.79 Å². The first kappa shape index (κ1) is 14.8. The van der Waals surface area contributed by atoms with Crippen LogP contribution in [0.25, 0.3) is 0 Å². The number of hydrogen-bond acceptors (Lipinski definition) is 3. The molecular formula is C15H28N2O2. The monoisotopic (exact) mass is 268 g/mol. The Bertz CT molecular complexity index is 295. The molecule has 0 radical (unpaired) electrons. The summed E-state index contributed by atoms with van der Waals surface area (Å²) in [6, 6.07) is 0.216. The summed E-state index contributed by atoms with van der Waals surface area (Å²) in [4.78, 5) is 12.2. The van der Waals surface area contributed by atoms with Gasteiger partial charge in [0, 0.05) is 25.0 Å². The van der Waals surface area contributed by atoms with Crippen LogP contribution >= 0.6 is 0 Å². The molecule has 0 aromatic heterocycles. The smallest absolute Gasteiger partial charge is 0.220 e. The average molecular weight is 268 g/mol. The summed E-state index contributed by atoms with van der Waals surface area (Å²) in [6.45, 7) is 4.34. The lowest BCUT2D eigenvalue weighted by atomic mass is 9.71. The highest BCUT2D eigenvalue weighted by atomic mass is 16.5. The fourth-order valence-corrected chi connectivity index (χ4v) is 3.47. The quantitative estimate of drug-likeness (QED) is 0.799. The molecule has 1 amide bonds. The summed E-state index contributed by atoms with van der Waals surface area (Å²) in [5, 5.41) is 3.15. The Labute approximate surface area is 116 Å². The van der Waals surface area contributed by atoms with Crippen LogP contribution in [-0.2, 0) is 9.53 Å². The highest BCUT2D eigenvalue weighted by molar-refractivity contribution is 5.77. The number of carbonyl (C=O) groups is 1. The van der Waals surface area contributed by atoms with Crippen molar-refractivity contribution < 1.29 is 9.53 Å². The molecule has 0 spiro atoms. The maximum absolute atomic E-state index is 12.2. The van der Waals surface area contributed by atoms with Gasteiger partial charge < -0.3 is 15.8 Å². The van der Waals surface area contributed by atoms with Gasteiger partial charge in [-0.15, -0.1) is 0 Å². The predicted molar refractivity (Wildman–Crippen MR) is 75.7 cm³/mol. The summed E-state index contributed by atoms with van der Waals surface area (Å²) in [5.74, 6) is 0.649. The van der Waals surface area contributed by atoms with E-state index in [1.807, 2.05) is 0 Å². The van der Waals surface area contributed by atoms with Crippen LogP contribution in [0.1, 0.15) is 51.9 Å². The molecule has 4 heteroatoms. The second-order valence-corrected chi connectivity index (χ2v) is 6.42. The molecule has 0 bridgehead atoms. The van der Waals surface area contributed by atoms with Gasteiger partial charge in [0.1, 0.15) is 0 Å². The molecule has 2 rings (SSSR count). The Morgan fingerprint density at radius 3 is 2.74 bits per heavy atom. The van der Waals surface area contributed by atoms with E-state index in [0.29, 0.717) is 18.9 Å². The van der Waals surface area contributed by atoms with E-state index in [0.717, 1.165) is 32.5 Å². The molecule has 4 nitrogen and oxygen atoms in total. The number of nitrogens with two attached hydrogens (primary N) is 1. The predicted octanol–water partition coefficient (Wildman–Crippen LogP) is 1.83. The van der Waals surface area contributed by atoms with Crippen molar-refractivity contribution in [2.75, 3.05) is 19.8 Å². The Morgan fingerprint density at radius 1 is 1.42 bits per heavy atom. The van der Waals surface area contributed by atoms with E-state index in [1.54, 1.807) is 0 Å². The Balaban J connectivity index is 1.81. The fraction of sp³-hybridized carbons (Fsp3) is 0.933. The molecule has 2 aliphatic rings. The van der Waals surface area contributed by atoms with Gasteiger partial charge in [-0.1, -0.05) is 19.3 Å². The van der Waals surface area contributed by atoms with Crippen molar-refractivity contribution >= 4 is 5.91 Å². The normalized spacial score (nSPS) is 28.0. The van der Waals surface area contributed by atoms with Gasteiger partial charge in [-0.25, -0.2) is 0 Å². The van der Waals surface area contributed by atoms with Crippen LogP contribution in [0.4, 0.5) is 0 Å². The van der Waals surface area contributed by atoms with Gasteiger partial charge in [-0.2, -0.15) is 0 Å². The van der Waals surface area contributed by atoms with Crippen LogP contribution in [-0.4, -0.2) is 31.7 Å². The van der Waals surface area contributed by atoms with Crippen molar-refractivity contribution in [2.45, 2.75) is 57.9 Å². The van der Waals surface area contributed by atoms with E-state index >= 15 is 0 Å². The molecule has 1 saturated heterocycles. The van der Waals surface area contributed by atoms with Crippen LogP contribution in [0.2, 0.25) is 0 Å². The maximum atomic E-state index is 12.2. The van der Waals surface area contributed by atoms with E-state index in [9.17, 15) is 4.79 Å². The molecule has 2 atom stereocenters. The van der Waals surface area contributed by atoms with Gasteiger partial charge >= 0.3 is 0 Å². The van der Waals surface area contributed by atoms with Gasteiger partial charge in [0.2, 0.25) is 5.91 Å². The van der Waals surface area contributed by atoms with Crippen LogP contribution in [0.5, 0.6) is 0 Å². The first-order valence-corrected chi connectivity index (χ1v) is 7.72. The molecule has 2 fully saturated rings. The van der Waals surface area contributed by atoms with Crippen molar-refractivity contribution in [1.29, 1.82) is 0 Å². The lowest BCUT2D eigenvalue weighted by Crippen LogP contribution is -2.43. The number of ether oxygens (including phenoxy) is 1. The van der Waals surface area contributed by atoms with E-state index in [-0.39, 0.29) is 17.4 Å². The molecule has 0 aromatic carbocycles. The Kier molecular flexibility index (Phi) is 5.22. The molecule has 3 N–H and O–H groups in total. The van der Waals surface area contributed by atoms with Crippen LogP contribution in [0, 0.1) is 11.3 Å². The minimum Gasteiger partial charge on any atom is -0.381 e.